The molecule has 0 amide bonds. The van der Waals surface area contributed by atoms with Crippen molar-refractivity contribution in [3.63, 3.8) is 0 Å². The minimum Gasteiger partial charge on any atom is -0.381 e. The van der Waals surface area contributed by atoms with E-state index in [1.807, 2.05) is 12.3 Å². The summed E-state index contributed by atoms with van der Waals surface area (Å²) in [6, 6.07) is 4.68. The molecule has 1 aromatic rings. The van der Waals surface area contributed by atoms with Crippen molar-refractivity contribution >= 4 is 21.6 Å². The predicted octanol–water partition coefficient (Wildman–Crippen LogP) is 4.22. The van der Waals surface area contributed by atoms with Gasteiger partial charge in [0.15, 0.2) is 0 Å². The Kier molecular flexibility index (Phi) is 3.53. The van der Waals surface area contributed by atoms with Crippen LogP contribution in [0.5, 0.6) is 0 Å². The summed E-state index contributed by atoms with van der Waals surface area (Å²) in [5, 5.41) is 3.56. The van der Waals surface area contributed by atoms with Gasteiger partial charge < -0.3 is 5.32 Å². The first-order valence-corrected chi connectivity index (χ1v) is 6.73. The zero-order valence-electron chi connectivity index (χ0n) is 9.96. The van der Waals surface area contributed by atoms with Crippen molar-refractivity contribution in [1.29, 1.82) is 0 Å². The average molecular weight is 283 g/mol. The van der Waals surface area contributed by atoms with E-state index < -0.39 is 0 Å². The molecule has 1 fully saturated rings. The van der Waals surface area contributed by atoms with Gasteiger partial charge in [0.2, 0.25) is 0 Å². The van der Waals surface area contributed by atoms with Gasteiger partial charge in [-0.05, 0) is 59.2 Å². The zero-order chi connectivity index (χ0) is 11.6. The van der Waals surface area contributed by atoms with Gasteiger partial charge in [-0.15, -0.1) is 0 Å². The van der Waals surface area contributed by atoms with E-state index in [1.54, 1.807) is 0 Å². The Labute approximate surface area is 106 Å². The number of hydrogen-bond donors (Lipinski definition) is 1. The van der Waals surface area contributed by atoms with Crippen LogP contribution >= 0.6 is 15.9 Å². The third-order valence-corrected chi connectivity index (χ3v) is 3.91. The van der Waals surface area contributed by atoms with Crippen molar-refractivity contribution in [1.82, 2.24) is 4.98 Å². The van der Waals surface area contributed by atoms with Crippen LogP contribution in [0.15, 0.2) is 22.9 Å². The molecule has 0 atom stereocenters. The first kappa shape index (κ1) is 11.9. The SMILES string of the molecule is CC1(C)CCC(Nc2ccc(Br)nc2)CC1. The molecule has 0 aliphatic heterocycles. The van der Waals surface area contributed by atoms with Crippen molar-refractivity contribution in [3.8, 4) is 0 Å². The van der Waals surface area contributed by atoms with E-state index >= 15 is 0 Å². The summed E-state index contributed by atoms with van der Waals surface area (Å²) in [5.74, 6) is 0. The first-order valence-electron chi connectivity index (χ1n) is 5.93. The molecule has 3 heteroatoms. The van der Waals surface area contributed by atoms with Crippen LogP contribution in [0.2, 0.25) is 0 Å². The van der Waals surface area contributed by atoms with Crippen molar-refractivity contribution < 1.29 is 0 Å². The smallest absolute Gasteiger partial charge is 0.106 e. The molecule has 0 saturated heterocycles. The molecule has 0 radical (unpaired) electrons. The van der Waals surface area contributed by atoms with E-state index in [-0.39, 0.29) is 0 Å². The van der Waals surface area contributed by atoms with Gasteiger partial charge in [-0.25, -0.2) is 4.98 Å². The summed E-state index contributed by atoms with van der Waals surface area (Å²) in [6.07, 6.45) is 7.05. The maximum atomic E-state index is 4.23. The fourth-order valence-electron chi connectivity index (χ4n) is 2.24. The van der Waals surface area contributed by atoms with Gasteiger partial charge in [0.25, 0.3) is 0 Å². The summed E-state index contributed by atoms with van der Waals surface area (Å²) in [4.78, 5) is 4.23. The van der Waals surface area contributed by atoms with E-state index in [0.717, 1.165) is 10.3 Å². The molecular weight excluding hydrogens is 264 g/mol. The minimum atomic E-state index is 0.538. The second-order valence-corrected chi connectivity index (χ2v) is 6.26. The maximum absolute atomic E-state index is 4.23. The summed E-state index contributed by atoms with van der Waals surface area (Å²) in [7, 11) is 0. The van der Waals surface area contributed by atoms with Crippen LogP contribution in [0.1, 0.15) is 39.5 Å². The average Bonchev–Trinajstić information content (AvgIpc) is 2.24. The lowest BCUT2D eigenvalue weighted by Crippen LogP contribution is -2.29. The number of nitrogens with one attached hydrogen (secondary N) is 1. The van der Waals surface area contributed by atoms with Crippen LogP contribution in [0.4, 0.5) is 5.69 Å². The summed E-state index contributed by atoms with van der Waals surface area (Å²) < 4.78 is 0.892. The molecule has 1 aromatic heterocycles. The fraction of sp³-hybridized carbons (Fsp3) is 0.615. The third-order valence-electron chi connectivity index (χ3n) is 3.44. The van der Waals surface area contributed by atoms with Crippen molar-refractivity contribution in [2.75, 3.05) is 5.32 Å². The largest absolute Gasteiger partial charge is 0.381 e. The highest BCUT2D eigenvalue weighted by Gasteiger charge is 2.26. The molecule has 0 bridgehead atoms. The summed E-state index contributed by atoms with van der Waals surface area (Å²) >= 11 is 3.35. The van der Waals surface area contributed by atoms with E-state index in [1.165, 1.54) is 25.7 Å². The van der Waals surface area contributed by atoms with Crippen LogP contribution in [-0.2, 0) is 0 Å². The van der Waals surface area contributed by atoms with Crippen LogP contribution in [0.25, 0.3) is 0 Å². The Morgan fingerprint density at radius 3 is 2.56 bits per heavy atom. The summed E-state index contributed by atoms with van der Waals surface area (Å²) in [6.45, 7) is 4.73. The molecule has 1 aliphatic carbocycles. The molecule has 0 spiro atoms. The first-order chi connectivity index (χ1) is 7.55. The Morgan fingerprint density at radius 2 is 2.00 bits per heavy atom. The molecule has 16 heavy (non-hydrogen) atoms. The van der Waals surface area contributed by atoms with E-state index in [4.69, 9.17) is 0 Å². The van der Waals surface area contributed by atoms with Crippen molar-refractivity contribution in [3.05, 3.63) is 22.9 Å². The van der Waals surface area contributed by atoms with E-state index in [9.17, 15) is 0 Å². The zero-order valence-corrected chi connectivity index (χ0v) is 11.5. The molecule has 1 saturated carbocycles. The number of pyridine rings is 1. The third kappa shape index (κ3) is 3.21. The van der Waals surface area contributed by atoms with E-state index in [2.05, 4.69) is 46.1 Å². The lowest BCUT2D eigenvalue weighted by Gasteiger charge is -2.35. The number of nitrogens with zero attached hydrogens (tertiary/aromatic N) is 1. The molecule has 88 valence electrons. The lowest BCUT2D eigenvalue weighted by atomic mass is 9.75. The standard InChI is InChI=1S/C13H19BrN2/c1-13(2)7-5-10(6-8-13)16-11-3-4-12(14)15-9-11/h3-4,9-10,16H,5-8H2,1-2H3. The second kappa shape index (κ2) is 4.74. The Morgan fingerprint density at radius 1 is 1.31 bits per heavy atom. The van der Waals surface area contributed by atoms with E-state index in [0.29, 0.717) is 11.5 Å². The molecule has 0 unspecified atom stereocenters. The highest BCUT2D eigenvalue weighted by Crippen LogP contribution is 2.36. The monoisotopic (exact) mass is 282 g/mol. The van der Waals surface area contributed by atoms with Crippen LogP contribution in [-0.4, -0.2) is 11.0 Å². The number of aromatic nitrogens is 1. The minimum absolute atomic E-state index is 0.538. The van der Waals surface area contributed by atoms with Gasteiger partial charge in [0.1, 0.15) is 4.60 Å². The van der Waals surface area contributed by atoms with Gasteiger partial charge in [-0.1, -0.05) is 13.8 Å². The molecule has 2 nitrogen and oxygen atoms in total. The van der Waals surface area contributed by atoms with Crippen LogP contribution < -0.4 is 5.32 Å². The molecule has 2 rings (SSSR count). The van der Waals surface area contributed by atoms with Crippen LogP contribution in [0, 0.1) is 5.41 Å². The Balaban J connectivity index is 1.89. The van der Waals surface area contributed by atoms with Crippen molar-refractivity contribution in [2.24, 2.45) is 5.41 Å². The Bertz CT molecular complexity index is 335. The molecule has 1 aliphatic rings. The fourth-order valence-corrected chi connectivity index (χ4v) is 2.48. The quantitative estimate of drug-likeness (QED) is 0.822. The van der Waals surface area contributed by atoms with Crippen molar-refractivity contribution in [2.45, 2.75) is 45.6 Å². The van der Waals surface area contributed by atoms with Gasteiger partial charge in [-0.2, -0.15) is 0 Å². The van der Waals surface area contributed by atoms with Gasteiger partial charge in [-0.3, -0.25) is 0 Å². The number of anilines is 1. The lowest BCUT2D eigenvalue weighted by molar-refractivity contribution is 0.232. The normalized spacial score (nSPS) is 20.7. The Hall–Kier alpha value is -0.570. The molecule has 1 N–H and O–H groups in total. The molecule has 1 heterocycles. The van der Waals surface area contributed by atoms with Gasteiger partial charge in [0, 0.05) is 6.04 Å². The van der Waals surface area contributed by atoms with Crippen LogP contribution in [0.3, 0.4) is 0 Å². The maximum Gasteiger partial charge on any atom is 0.106 e. The summed E-state index contributed by atoms with van der Waals surface area (Å²) in [5.41, 5.74) is 1.67. The number of halogens is 1. The predicted molar refractivity (Wildman–Crippen MR) is 71.6 cm³/mol. The number of rotatable bonds is 2. The second-order valence-electron chi connectivity index (χ2n) is 5.45. The highest BCUT2D eigenvalue weighted by molar-refractivity contribution is 9.10. The van der Waals surface area contributed by atoms with Gasteiger partial charge in [0.05, 0.1) is 11.9 Å². The molecular formula is C13H19BrN2. The molecule has 0 aromatic carbocycles. The van der Waals surface area contributed by atoms with Gasteiger partial charge >= 0.3 is 0 Å². The topological polar surface area (TPSA) is 24.9 Å². The highest BCUT2D eigenvalue weighted by atomic mass is 79.9. The number of hydrogen-bond acceptors (Lipinski definition) is 2.